The van der Waals surface area contributed by atoms with E-state index in [9.17, 15) is 9.59 Å². The Morgan fingerprint density at radius 1 is 0.324 bits per heavy atom. The highest BCUT2D eigenvalue weighted by Crippen LogP contribution is 2.16. The minimum Gasteiger partial charge on any atom is -0.462 e. The number of hydrogen-bond donors (Lipinski definition) is 0. The van der Waals surface area contributed by atoms with Gasteiger partial charge in [-0.3, -0.25) is 9.59 Å². The van der Waals surface area contributed by atoms with Crippen molar-refractivity contribution in [3.63, 3.8) is 0 Å². The predicted octanol–water partition coefficient (Wildman–Crippen LogP) is 20.7. The van der Waals surface area contributed by atoms with Crippen molar-refractivity contribution in [1.29, 1.82) is 0 Å². The molecular formula is C63H116O5. The zero-order valence-corrected chi connectivity index (χ0v) is 45.9. The van der Waals surface area contributed by atoms with Gasteiger partial charge in [0, 0.05) is 19.4 Å². The molecule has 1 atom stereocenters. The normalized spacial score (nSPS) is 12.5. The number of ether oxygens (including phenoxy) is 3. The third kappa shape index (κ3) is 56.4. The van der Waals surface area contributed by atoms with Gasteiger partial charge in [0.2, 0.25) is 0 Å². The SMILES string of the molecule is CCCCCCCC/C=C\C/C=C\C/C=C\CCCC(=O)O[C@H](COCCCCCCCCCCCCCCCCCC)COC(=O)CCCCCCCCCCC/C=C\CCCCCCCC. The van der Waals surface area contributed by atoms with Gasteiger partial charge in [0.25, 0.3) is 0 Å². The molecule has 0 aromatic rings. The fourth-order valence-corrected chi connectivity index (χ4v) is 8.82. The highest BCUT2D eigenvalue weighted by Gasteiger charge is 2.17. The molecular weight excluding hydrogens is 837 g/mol. The van der Waals surface area contributed by atoms with E-state index < -0.39 is 6.10 Å². The van der Waals surface area contributed by atoms with E-state index in [2.05, 4.69) is 69.4 Å². The van der Waals surface area contributed by atoms with Gasteiger partial charge in [-0.15, -0.1) is 0 Å². The molecule has 0 saturated heterocycles. The Kier molecular flexibility index (Phi) is 57.3. The maximum absolute atomic E-state index is 12.8. The Bertz CT molecular complexity index is 1120. The van der Waals surface area contributed by atoms with Crippen LogP contribution < -0.4 is 0 Å². The summed E-state index contributed by atoms with van der Waals surface area (Å²) in [6, 6.07) is 0. The maximum atomic E-state index is 12.8. The summed E-state index contributed by atoms with van der Waals surface area (Å²) in [6.45, 7) is 7.82. The summed E-state index contributed by atoms with van der Waals surface area (Å²) in [5.41, 5.74) is 0. The van der Waals surface area contributed by atoms with Crippen LogP contribution in [-0.4, -0.2) is 37.9 Å². The van der Waals surface area contributed by atoms with E-state index in [-0.39, 0.29) is 25.2 Å². The molecule has 0 aliphatic carbocycles. The van der Waals surface area contributed by atoms with Gasteiger partial charge in [-0.1, -0.05) is 275 Å². The molecule has 0 unspecified atom stereocenters. The summed E-state index contributed by atoms with van der Waals surface area (Å²) in [4.78, 5) is 25.5. The van der Waals surface area contributed by atoms with E-state index in [0.717, 1.165) is 51.4 Å². The summed E-state index contributed by atoms with van der Waals surface area (Å²) in [5, 5.41) is 0. The van der Waals surface area contributed by atoms with E-state index in [4.69, 9.17) is 14.2 Å². The Labute approximate surface area is 424 Å². The van der Waals surface area contributed by atoms with Gasteiger partial charge in [0.05, 0.1) is 6.61 Å². The second-order valence-corrected chi connectivity index (χ2v) is 20.3. The second-order valence-electron chi connectivity index (χ2n) is 20.3. The van der Waals surface area contributed by atoms with Crippen molar-refractivity contribution in [1.82, 2.24) is 0 Å². The molecule has 0 aliphatic rings. The zero-order valence-electron chi connectivity index (χ0n) is 45.9. The molecule has 0 aromatic carbocycles. The summed E-state index contributed by atoms with van der Waals surface area (Å²) in [5.74, 6) is -0.443. The fourth-order valence-electron chi connectivity index (χ4n) is 8.82. The minimum atomic E-state index is -0.561. The van der Waals surface area contributed by atoms with Crippen LogP contribution in [-0.2, 0) is 23.8 Å². The average molecular weight is 954 g/mol. The topological polar surface area (TPSA) is 61.8 Å². The summed E-state index contributed by atoms with van der Waals surface area (Å²) >= 11 is 0. The van der Waals surface area contributed by atoms with Crippen molar-refractivity contribution in [3.05, 3.63) is 48.6 Å². The number of rotatable bonds is 56. The van der Waals surface area contributed by atoms with E-state index in [1.807, 2.05) is 0 Å². The number of unbranched alkanes of at least 4 members (excludes halogenated alkanes) is 37. The molecule has 0 fully saturated rings. The van der Waals surface area contributed by atoms with Crippen LogP contribution in [0.1, 0.15) is 316 Å². The minimum absolute atomic E-state index is 0.0684. The fraction of sp³-hybridized carbons (Fsp3) is 0.841. The number of carbonyl (C=O) groups is 2. The van der Waals surface area contributed by atoms with Gasteiger partial charge >= 0.3 is 11.9 Å². The van der Waals surface area contributed by atoms with Gasteiger partial charge in [-0.25, -0.2) is 0 Å². The van der Waals surface area contributed by atoms with Crippen LogP contribution in [0.5, 0.6) is 0 Å². The first-order valence-electron chi connectivity index (χ1n) is 30.2. The Hall–Kier alpha value is -2.14. The molecule has 0 aliphatic heterocycles. The quantitative estimate of drug-likeness (QED) is 0.0345. The van der Waals surface area contributed by atoms with Crippen LogP contribution in [0.2, 0.25) is 0 Å². The monoisotopic (exact) mass is 953 g/mol. The van der Waals surface area contributed by atoms with Gasteiger partial charge in [-0.2, -0.15) is 0 Å². The smallest absolute Gasteiger partial charge is 0.306 e. The number of hydrogen-bond acceptors (Lipinski definition) is 5. The van der Waals surface area contributed by atoms with Crippen LogP contribution in [0.4, 0.5) is 0 Å². The van der Waals surface area contributed by atoms with Crippen LogP contribution in [0.15, 0.2) is 48.6 Å². The van der Waals surface area contributed by atoms with E-state index in [1.165, 1.54) is 231 Å². The van der Waals surface area contributed by atoms with Crippen LogP contribution in [0, 0.1) is 0 Å². The summed E-state index contributed by atoms with van der Waals surface area (Å²) in [6.07, 6.45) is 74.3. The van der Waals surface area contributed by atoms with Crippen molar-refractivity contribution in [2.24, 2.45) is 0 Å². The molecule has 0 spiro atoms. The largest absolute Gasteiger partial charge is 0.462 e. The van der Waals surface area contributed by atoms with Gasteiger partial charge in [-0.05, 0) is 77.0 Å². The second kappa shape index (κ2) is 59.2. The molecule has 0 saturated carbocycles. The Morgan fingerprint density at radius 2 is 0.632 bits per heavy atom. The lowest BCUT2D eigenvalue weighted by Gasteiger charge is -2.18. The lowest BCUT2D eigenvalue weighted by molar-refractivity contribution is -0.162. The van der Waals surface area contributed by atoms with Crippen LogP contribution in [0.25, 0.3) is 0 Å². The molecule has 0 radical (unpaired) electrons. The average Bonchev–Trinajstić information content (AvgIpc) is 3.34. The van der Waals surface area contributed by atoms with Gasteiger partial charge < -0.3 is 14.2 Å². The lowest BCUT2D eigenvalue weighted by atomic mass is 10.0. The lowest BCUT2D eigenvalue weighted by Crippen LogP contribution is -2.30. The number of esters is 2. The van der Waals surface area contributed by atoms with Crippen molar-refractivity contribution in [2.45, 2.75) is 322 Å². The highest BCUT2D eigenvalue weighted by molar-refractivity contribution is 5.70. The number of allylic oxidation sites excluding steroid dienone is 8. The molecule has 0 bridgehead atoms. The predicted molar refractivity (Wildman–Crippen MR) is 298 cm³/mol. The maximum Gasteiger partial charge on any atom is 0.306 e. The van der Waals surface area contributed by atoms with Crippen LogP contribution in [0.3, 0.4) is 0 Å². The first-order chi connectivity index (χ1) is 33.6. The third-order valence-corrected chi connectivity index (χ3v) is 13.3. The molecule has 0 heterocycles. The molecule has 0 amide bonds. The van der Waals surface area contributed by atoms with Crippen LogP contribution >= 0.6 is 0 Å². The molecule has 0 rings (SSSR count). The van der Waals surface area contributed by atoms with Crippen molar-refractivity contribution in [3.8, 4) is 0 Å². The first-order valence-corrected chi connectivity index (χ1v) is 30.2. The van der Waals surface area contributed by atoms with E-state index in [1.54, 1.807) is 0 Å². The first kappa shape index (κ1) is 65.9. The molecule has 68 heavy (non-hydrogen) atoms. The Balaban J connectivity index is 4.30. The summed E-state index contributed by atoms with van der Waals surface area (Å²) in [7, 11) is 0. The molecule has 5 nitrogen and oxygen atoms in total. The molecule has 0 N–H and O–H groups in total. The van der Waals surface area contributed by atoms with Crippen molar-refractivity contribution in [2.75, 3.05) is 19.8 Å². The zero-order chi connectivity index (χ0) is 49.2. The summed E-state index contributed by atoms with van der Waals surface area (Å²) < 4.78 is 17.5. The molecule has 0 aromatic heterocycles. The standard InChI is InChI=1S/C63H116O5/c1-4-7-10-13-16-19-22-25-28-31-32-34-35-38-41-44-47-50-53-56-62(64)67-60-61(59-66-58-55-52-49-46-43-40-37-30-27-24-21-18-15-12-9-6-3)68-63(65)57-54-51-48-45-42-39-36-33-29-26-23-20-17-14-11-8-5-2/h25-26,28-29,36,39,45,48,61H,4-24,27,30-35,37-38,40-44,46-47,49-60H2,1-3H3/b28-25-,29-26-,39-36-,48-45-/t61-/m1/s1. The number of carbonyl (C=O) groups excluding carboxylic acids is 2. The molecule has 5 heteroatoms. The van der Waals surface area contributed by atoms with Crippen molar-refractivity contribution >= 4 is 11.9 Å². The Morgan fingerprint density at radius 3 is 1.04 bits per heavy atom. The van der Waals surface area contributed by atoms with Gasteiger partial charge in [0.15, 0.2) is 6.10 Å². The van der Waals surface area contributed by atoms with Crippen molar-refractivity contribution < 1.29 is 23.8 Å². The highest BCUT2D eigenvalue weighted by atomic mass is 16.6. The van der Waals surface area contributed by atoms with Gasteiger partial charge in [0.1, 0.15) is 6.61 Å². The van der Waals surface area contributed by atoms with E-state index in [0.29, 0.717) is 19.4 Å². The molecule has 398 valence electrons. The van der Waals surface area contributed by atoms with E-state index >= 15 is 0 Å². The third-order valence-electron chi connectivity index (χ3n) is 13.3.